The maximum atomic E-state index is 13.8. The van der Waals surface area contributed by atoms with Crippen molar-refractivity contribution >= 4 is 29.4 Å². The molecule has 3 atom stereocenters. The molecule has 1 aliphatic heterocycles. The van der Waals surface area contributed by atoms with Crippen LogP contribution in [0.3, 0.4) is 0 Å². The van der Waals surface area contributed by atoms with E-state index < -0.39 is 41.2 Å². The maximum absolute atomic E-state index is 13.8. The van der Waals surface area contributed by atoms with E-state index in [0.29, 0.717) is 44.2 Å². The first-order valence-corrected chi connectivity index (χ1v) is 17.6. The van der Waals surface area contributed by atoms with Gasteiger partial charge < -0.3 is 30.4 Å². The summed E-state index contributed by atoms with van der Waals surface area (Å²) in [5.74, 6) is -3.50. The third kappa shape index (κ3) is 10.4. The number of nitrogens with one attached hydrogen (secondary N) is 3. The molecule has 3 heterocycles. The van der Waals surface area contributed by atoms with E-state index in [9.17, 15) is 33.5 Å². The van der Waals surface area contributed by atoms with E-state index in [1.165, 1.54) is 47.5 Å². The predicted molar refractivity (Wildman–Crippen MR) is 188 cm³/mol. The number of Topliss-reactive ketones (excluding diaryl/α,β-unsaturated/α-hetero) is 1. The Bertz CT molecular complexity index is 1720. The van der Waals surface area contributed by atoms with Gasteiger partial charge >= 0.3 is 0 Å². The van der Waals surface area contributed by atoms with Crippen LogP contribution in [-0.4, -0.2) is 84.8 Å². The molecule has 0 saturated carbocycles. The summed E-state index contributed by atoms with van der Waals surface area (Å²) in [5.41, 5.74) is 0.0364. The third-order valence-electron chi connectivity index (χ3n) is 8.95. The summed E-state index contributed by atoms with van der Waals surface area (Å²) < 4.78 is 18.9. The number of aromatic hydroxyl groups is 1. The number of hydrogen-bond donors (Lipinski definition) is 4. The number of carbonyl (C=O) groups excluding carboxylic acids is 5. The highest BCUT2D eigenvalue weighted by molar-refractivity contribution is 6.00. The van der Waals surface area contributed by atoms with E-state index in [-0.39, 0.29) is 59.2 Å². The summed E-state index contributed by atoms with van der Waals surface area (Å²) >= 11 is 0. The van der Waals surface area contributed by atoms with Gasteiger partial charge in [-0.2, -0.15) is 0 Å². The summed E-state index contributed by atoms with van der Waals surface area (Å²) in [6, 6.07) is 5.46. The summed E-state index contributed by atoms with van der Waals surface area (Å²) in [4.78, 5) is 71.8. The lowest BCUT2D eigenvalue weighted by molar-refractivity contribution is -0.142. The lowest BCUT2D eigenvalue weighted by Gasteiger charge is -2.31. The molecule has 0 spiro atoms. The number of benzene rings is 1. The average molecular weight is 722 g/mol. The molecule has 0 aliphatic carbocycles. The number of hydrogen-bond acceptors (Lipinski definition) is 10. The van der Waals surface area contributed by atoms with Gasteiger partial charge in [0, 0.05) is 24.1 Å². The minimum absolute atomic E-state index is 0.0311. The van der Waals surface area contributed by atoms with Crippen molar-refractivity contribution < 1.29 is 37.9 Å². The fraction of sp³-hybridized carbons (Fsp3) is 0.514. The number of aromatic nitrogens is 3. The van der Waals surface area contributed by atoms with Crippen LogP contribution in [0.1, 0.15) is 101 Å². The Morgan fingerprint density at radius 2 is 1.65 bits per heavy atom. The van der Waals surface area contributed by atoms with Crippen LogP contribution in [-0.2, 0) is 14.4 Å². The fourth-order valence-corrected chi connectivity index (χ4v) is 6.00. The van der Waals surface area contributed by atoms with Gasteiger partial charge in [0.15, 0.2) is 0 Å². The van der Waals surface area contributed by atoms with Crippen molar-refractivity contribution in [1.82, 2.24) is 36.0 Å². The number of nitrogens with zero attached hydrogens (tertiary/aromatic N) is 4. The molecule has 4 amide bonds. The number of unbranched alkanes of at least 4 members (excludes halogenated alkanes) is 1. The highest BCUT2D eigenvalue weighted by Gasteiger charge is 2.40. The Morgan fingerprint density at radius 3 is 2.29 bits per heavy atom. The van der Waals surface area contributed by atoms with Crippen LogP contribution < -0.4 is 16.0 Å². The zero-order valence-electron chi connectivity index (χ0n) is 30.4. The standard InChI is InChI=1S/C37H48FN7O7/c1-21(2)29(31(48)35-44-43-34(52-35)23-12-14-24(38)15-13-23)41-33(50)27-10-9-19-45(27)36(51)30(22(3)4)40-28(47)11-7-8-18-37(5,6)42-32(49)26-17-16-25(46)20-39-26/h12-17,20-22,27,29-30,46H,7-11,18-19H2,1-6H3,(H,40,47)(H,41,50)(H,42,49)/t27-,29?,30?/m0/s1. The second kappa shape index (κ2) is 17.3. The van der Waals surface area contributed by atoms with Crippen molar-refractivity contribution in [2.24, 2.45) is 11.8 Å². The molecular formula is C37H48FN7O7. The molecule has 3 aromatic rings. The first-order valence-electron chi connectivity index (χ1n) is 17.6. The molecule has 15 heteroatoms. The molecule has 1 saturated heterocycles. The number of pyridine rings is 1. The van der Waals surface area contributed by atoms with Gasteiger partial charge in [0.05, 0.1) is 12.2 Å². The van der Waals surface area contributed by atoms with Gasteiger partial charge in [0.2, 0.25) is 29.4 Å². The lowest BCUT2D eigenvalue weighted by atomic mass is 9.96. The summed E-state index contributed by atoms with van der Waals surface area (Å²) in [7, 11) is 0. The largest absolute Gasteiger partial charge is 0.506 e. The van der Waals surface area contributed by atoms with E-state index in [1.54, 1.807) is 13.8 Å². The van der Waals surface area contributed by atoms with Gasteiger partial charge in [0.25, 0.3) is 11.8 Å². The molecule has 2 unspecified atom stereocenters. The van der Waals surface area contributed by atoms with E-state index in [4.69, 9.17) is 4.42 Å². The topological polar surface area (TPSA) is 197 Å². The van der Waals surface area contributed by atoms with Gasteiger partial charge in [0.1, 0.15) is 29.3 Å². The first-order chi connectivity index (χ1) is 24.6. The molecule has 2 aromatic heterocycles. The maximum Gasteiger partial charge on any atom is 0.286 e. The van der Waals surface area contributed by atoms with Crippen LogP contribution in [0.2, 0.25) is 0 Å². The molecule has 4 N–H and O–H groups in total. The van der Waals surface area contributed by atoms with Crippen LogP contribution >= 0.6 is 0 Å². The normalized spacial score (nSPS) is 15.7. The Kier molecular flexibility index (Phi) is 13.2. The van der Waals surface area contributed by atoms with E-state index >= 15 is 0 Å². The SMILES string of the molecule is CC(C)C(NC(=O)[C@@H]1CCCN1C(=O)C(NC(=O)CCCCC(C)(C)NC(=O)c1ccc(O)cn1)C(C)C)C(=O)c1nnc(-c2ccc(F)cc2)o1. The number of rotatable bonds is 16. The molecule has 14 nitrogen and oxygen atoms in total. The number of amides is 4. The fourth-order valence-electron chi connectivity index (χ4n) is 6.00. The van der Waals surface area contributed by atoms with Gasteiger partial charge in [-0.3, -0.25) is 24.0 Å². The molecule has 1 aliphatic rings. The molecular weight excluding hydrogens is 673 g/mol. The van der Waals surface area contributed by atoms with Crippen LogP contribution in [0.15, 0.2) is 47.0 Å². The Morgan fingerprint density at radius 1 is 0.962 bits per heavy atom. The molecule has 1 fully saturated rings. The quantitative estimate of drug-likeness (QED) is 0.123. The van der Waals surface area contributed by atoms with Gasteiger partial charge in [-0.15, -0.1) is 10.2 Å². The van der Waals surface area contributed by atoms with E-state index in [0.717, 1.165) is 0 Å². The molecule has 0 radical (unpaired) electrons. The second-order valence-corrected chi connectivity index (χ2v) is 14.4. The zero-order valence-corrected chi connectivity index (χ0v) is 30.4. The van der Waals surface area contributed by atoms with Crippen molar-refractivity contribution in [3.63, 3.8) is 0 Å². The Labute approximate surface area is 302 Å². The average Bonchev–Trinajstić information content (AvgIpc) is 3.79. The predicted octanol–water partition coefficient (Wildman–Crippen LogP) is 4.20. The van der Waals surface area contributed by atoms with Crippen LogP contribution in [0, 0.1) is 17.7 Å². The molecule has 52 heavy (non-hydrogen) atoms. The highest BCUT2D eigenvalue weighted by Crippen LogP contribution is 2.23. The van der Waals surface area contributed by atoms with Crippen molar-refractivity contribution in [3.05, 3.63) is 60.0 Å². The minimum Gasteiger partial charge on any atom is -0.506 e. The summed E-state index contributed by atoms with van der Waals surface area (Å²) in [6.07, 6.45) is 4.07. The van der Waals surface area contributed by atoms with E-state index in [1.807, 2.05) is 27.7 Å². The van der Waals surface area contributed by atoms with E-state index in [2.05, 4.69) is 31.1 Å². The zero-order chi connectivity index (χ0) is 38.2. The highest BCUT2D eigenvalue weighted by atomic mass is 19.1. The molecule has 280 valence electrons. The first kappa shape index (κ1) is 39.6. The molecule has 4 rings (SSSR count). The van der Waals surface area contributed by atoms with Crippen molar-refractivity contribution in [3.8, 4) is 17.2 Å². The van der Waals surface area contributed by atoms with Crippen LogP contribution in [0.5, 0.6) is 5.75 Å². The van der Waals surface area contributed by atoms with Gasteiger partial charge in [-0.05, 0) is 87.8 Å². The van der Waals surface area contributed by atoms with Crippen molar-refractivity contribution in [2.75, 3.05) is 6.54 Å². The molecule has 1 aromatic carbocycles. The van der Waals surface area contributed by atoms with Crippen molar-refractivity contribution in [1.29, 1.82) is 0 Å². The monoisotopic (exact) mass is 721 g/mol. The summed E-state index contributed by atoms with van der Waals surface area (Å²) in [6.45, 7) is 11.2. The number of carbonyl (C=O) groups is 5. The van der Waals surface area contributed by atoms with Gasteiger partial charge in [-0.1, -0.05) is 34.1 Å². The number of likely N-dealkylation sites (tertiary alicyclic amines) is 1. The lowest BCUT2D eigenvalue weighted by Crippen LogP contribution is -2.57. The van der Waals surface area contributed by atoms with Crippen LogP contribution in [0.25, 0.3) is 11.5 Å². The number of ketones is 1. The number of halogens is 1. The summed E-state index contributed by atoms with van der Waals surface area (Å²) in [5, 5.41) is 25.7. The van der Waals surface area contributed by atoms with Gasteiger partial charge in [-0.25, -0.2) is 9.37 Å². The Hall–Kier alpha value is -5.21. The minimum atomic E-state index is -1.02. The Balaban J connectivity index is 1.30. The smallest absolute Gasteiger partial charge is 0.286 e. The van der Waals surface area contributed by atoms with Crippen LogP contribution in [0.4, 0.5) is 4.39 Å². The van der Waals surface area contributed by atoms with Crippen molar-refractivity contribution in [2.45, 2.75) is 104 Å². The molecule has 0 bridgehead atoms. The second-order valence-electron chi connectivity index (χ2n) is 14.4. The third-order valence-corrected chi connectivity index (χ3v) is 8.95.